The highest BCUT2D eigenvalue weighted by Crippen LogP contribution is 2.38. The molecule has 3 rings (SSSR count). The van der Waals surface area contributed by atoms with Crippen molar-refractivity contribution in [3.8, 4) is 0 Å². The van der Waals surface area contributed by atoms with Gasteiger partial charge >= 0.3 is 0 Å². The second-order valence-electron chi connectivity index (χ2n) is 5.53. The van der Waals surface area contributed by atoms with Crippen LogP contribution in [-0.2, 0) is 0 Å². The SMILES string of the molecule is C=C(C)C1CN(c2c(Cl)n[nH]c2C)C(=O)c2cc(F)ccc21. The van der Waals surface area contributed by atoms with Crippen LogP contribution in [0.25, 0.3) is 0 Å². The van der Waals surface area contributed by atoms with Gasteiger partial charge in [0.25, 0.3) is 5.91 Å². The quantitative estimate of drug-likeness (QED) is 0.855. The molecule has 0 spiro atoms. The number of carbonyl (C=O) groups excluding carboxylic acids is 1. The van der Waals surface area contributed by atoms with Crippen LogP contribution >= 0.6 is 11.6 Å². The van der Waals surface area contributed by atoms with E-state index in [2.05, 4.69) is 16.8 Å². The summed E-state index contributed by atoms with van der Waals surface area (Å²) in [6.07, 6.45) is 0. The fourth-order valence-corrected chi connectivity index (χ4v) is 3.13. The number of rotatable bonds is 2. The third kappa shape index (κ3) is 2.22. The van der Waals surface area contributed by atoms with E-state index in [1.54, 1.807) is 17.9 Å². The van der Waals surface area contributed by atoms with Crippen molar-refractivity contribution in [2.24, 2.45) is 0 Å². The van der Waals surface area contributed by atoms with Gasteiger partial charge in [-0.3, -0.25) is 9.89 Å². The van der Waals surface area contributed by atoms with E-state index in [1.807, 2.05) is 6.92 Å². The summed E-state index contributed by atoms with van der Waals surface area (Å²) in [6, 6.07) is 4.29. The fraction of sp³-hybridized carbons (Fsp3) is 0.250. The first-order chi connectivity index (χ1) is 10.4. The number of carbonyl (C=O) groups is 1. The Balaban J connectivity index is 2.17. The van der Waals surface area contributed by atoms with Gasteiger partial charge in [-0.15, -0.1) is 0 Å². The van der Waals surface area contributed by atoms with E-state index in [0.717, 1.165) is 11.1 Å². The van der Waals surface area contributed by atoms with Crippen LogP contribution in [0.5, 0.6) is 0 Å². The molecule has 1 aliphatic heterocycles. The maximum Gasteiger partial charge on any atom is 0.258 e. The highest BCUT2D eigenvalue weighted by Gasteiger charge is 2.35. The lowest BCUT2D eigenvalue weighted by Crippen LogP contribution is -2.40. The Labute approximate surface area is 132 Å². The second-order valence-corrected chi connectivity index (χ2v) is 5.89. The van der Waals surface area contributed by atoms with Crippen molar-refractivity contribution < 1.29 is 9.18 Å². The van der Waals surface area contributed by atoms with E-state index in [1.165, 1.54) is 12.1 Å². The number of aromatic nitrogens is 2. The van der Waals surface area contributed by atoms with Gasteiger partial charge < -0.3 is 4.90 Å². The summed E-state index contributed by atoms with van der Waals surface area (Å²) in [6.45, 7) is 8.10. The highest BCUT2D eigenvalue weighted by atomic mass is 35.5. The molecule has 0 fully saturated rings. The maximum absolute atomic E-state index is 13.6. The van der Waals surface area contributed by atoms with Crippen LogP contribution in [-0.4, -0.2) is 22.6 Å². The average molecular weight is 320 g/mol. The third-order valence-electron chi connectivity index (χ3n) is 3.97. The van der Waals surface area contributed by atoms with E-state index in [4.69, 9.17) is 11.6 Å². The summed E-state index contributed by atoms with van der Waals surface area (Å²) in [5.74, 6) is -0.790. The van der Waals surface area contributed by atoms with Crippen LogP contribution in [0.4, 0.5) is 10.1 Å². The molecule has 0 saturated heterocycles. The number of aryl methyl sites for hydroxylation is 1. The molecular weight excluding hydrogens is 305 g/mol. The zero-order valence-electron chi connectivity index (χ0n) is 12.3. The summed E-state index contributed by atoms with van der Waals surface area (Å²) >= 11 is 6.10. The molecular formula is C16H15ClFN3O. The molecule has 0 radical (unpaired) electrons. The van der Waals surface area contributed by atoms with Crippen molar-refractivity contribution in [3.05, 3.63) is 58.1 Å². The third-order valence-corrected chi connectivity index (χ3v) is 4.23. The molecule has 0 bridgehead atoms. The van der Waals surface area contributed by atoms with Crippen LogP contribution in [0, 0.1) is 12.7 Å². The molecule has 2 aromatic rings. The van der Waals surface area contributed by atoms with Gasteiger partial charge in [0.1, 0.15) is 11.5 Å². The first-order valence-corrected chi connectivity index (χ1v) is 7.25. The van der Waals surface area contributed by atoms with Gasteiger partial charge in [-0.2, -0.15) is 5.10 Å². The Morgan fingerprint density at radius 2 is 2.27 bits per heavy atom. The number of aromatic amines is 1. The molecule has 1 aliphatic rings. The zero-order chi connectivity index (χ0) is 16.0. The summed E-state index contributed by atoms with van der Waals surface area (Å²) in [7, 11) is 0. The number of anilines is 1. The molecule has 0 saturated carbocycles. The van der Waals surface area contributed by atoms with Gasteiger partial charge in [0, 0.05) is 18.0 Å². The smallest absolute Gasteiger partial charge is 0.258 e. The van der Waals surface area contributed by atoms with Crippen molar-refractivity contribution in [2.75, 3.05) is 11.4 Å². The monoisotopic (exact) mass is 319 g/mol. The lowest BCUT2D eigenvalue weighted by Gasteiger charge is -2.34. The van der Waals surface area contributed by atoms with Crippen LogP contribution in [0.2, 0.25) is 5.15 Å². The number of nitrogens with one attached hydrogen (secondary N) is 1. The highest BCUT2D eigenvalue weighted by molar-refractivity contribution is 6.33. The van der Waals surface area contributed by atoms with E-state index < -0.39 is 5.82 Å². The van der Waals surface area contributed by atoms with Crippen molar-refractivity contribution in [1.82, 2.24) is 10.2 Å². The number of halogens is 2. The Morgan fingerprint density at radius 3 is 2.86 bits per heavy atom. The van der Waals surface area contributed by atoms with Crippen LogP contribution in [0.1, 0.15) is 34.5 Å². The number of hydrogen-bond donors (Lipinski definition) is 1. The summed E-state index contributed by atoms with van der Waals surface area (Å²) in [4.78, 5) is 14.3. The fourth-order valence-electron chi connectivity index (χ4n) is 2.85. The molecule has 2 heterocycles. The van der Waals surface area contributed by atoms with Gasteiger partial charge in [0.2, 0.25) is 0 Å². The average Bonchev–Trinajstić information content (AvgIpc) is 2.79. The molecule has 1 N–H and O–H groups in total. The predicted molar refractivity (Wildman–Crippen MR) is 84.0 cm³/mol. The summed E-state index contributed by atoms with van der Waals surface area (Å²) in [5, 5.41) is 6.91. The number of nitrogens with zero attached hydrogens (tertiary/aromatic N) is 2. The number of benzene rings is 1. The zero-order valence-corrected chi connectivity index (χ0v) is 13.0. The molecule has 4 nitrogen and oxygen atoms in total. The molecule has 1 aromatic carbocycles. The number of fused-ring (bicyclic) bond motifs is 1. The molecule has 6 heteroatoms. The first kappa shape index (κ1) is 14.8. The predicted octanol–water partition coefficient (Wildman–Crippen LogP) is 3.83. The largest absolute Gasteiger partial charge is 0.303 e. The number of hydrogen-bond acceptors (Lipinski definition) is 2. The molecule has 1 atom stereocenters. The lowest BCUT2D eigenvalue weighted by atomic mass is 9.85. The molecule has 0 aliphatic carbocycles. The summed E-state index contributed by atoms with van der Waals surface area (Å²) < 4.78 is 13.6. The molecule has 22 heavy (non-hydrogen) atoms. The van der Waals surface area contributed by atoms with E-state index in [9.17, 15) is 9.18 Å². The summed E-state index contributed by atoms with van der Waals surface area (Å²) in [5.41, 5.74) is 3.28. The number of H-pyrrole nitrogens is 1. The number of amides is 1. The van der Waals surface area contributed by atoms with Crippen molar-refractivity contribution in [3.63, 3.8) is 0 Å². The second kappa shape index (κ2) is 5.25. The first-order valence-electron chi connectivity index (χ1n) is 6.87. The minimum atomic E-state index is -0.440. The lowest BCUT2D eigenvalue weighted by molar-refractivity contribution is 0.0977. The van der Waals surface area contributed by atoms with Crippen LogP contribution in [0.3, 0.4) is 0 Å². The normalized spacial score (nSPS) is 17.5. The van der Waals surface area contributed by atoms with Crippen molar-refractivity contribution in [2.45, 2.75) is 19.8 Å². The molecule has 1 unspecified atom stereocenters. The van der Waals surface area contributed by atoms with Gasteiger partial charge in [0.15, 0.2) is 5.15 Å². The van der Waals surface area contributed by atoms with E-state index >= 15 is 0 Å². The minimum Gasteiger partial charge on any atom is -0.303 e. The van der Waals surface area contributed by atoms with Gasteiger partial charge in [-0.1, -0.05) is 29.8 Å². The van der Waals surface area contributed by atoms with E-state index in [0.29, 0.717) is 23.5 Å². The van der Waals surface area contributed by atoms with E-state index in [-0.39, 0.29) is 17.0 Å². The minimum absolute atomic E-state index is 0.0707. The molecule has 114 valence electrons. The standard InChI is InChI=1S/C16H15ClFN3O/c1-8(2)13-7-21(14-9(3)19-20-15(14)17)16(22)12-6-10(18)4-5-11(12)13/h4-6,13H,1,7H2,2-3H3,(H,19,20). The topological polar surface area (TPSA) is 49.0 Å². The Kier molecular flexibility index (Phi) is 3.53. The maximum atomic E-state index is 13.6. The van der Waals surface area contributed by atoms with Crippen LogP contribution < -0.4 is 4.90 Å². The van der Waals surface area contributed by atoms with Crippen molar-refractivity contribution >= 4 is 23.2 Å². The Morgan fingerprint density at radius 1 is 1.55 bits per heavy atom. The van der Waals surface area contributed by atoms with Gasteiger partial charge in [-0.05, 0) is 31.5 Å². The molecule has 1 aromatic heterocycles. The Bertz CT molecular complexity index is 764. The van der Waals surface area contributed by atoms with Crippen LogP contribution in [0.15, 0.2) is 30.4 Å². The van der Waals surface area contributed by atoms with Gasteiger partial charge in [-0.25, -0.2) is 4.39 Å². The van der Waals surface area contributed by atoms with Gasteiger partial charge in [0.05, 0.1) is 5.69 Å². The van der Waals surface area contributed by atoms with Crippen molar-refractivity contribution in [1.29, 1.82) is 0 Å². The Hall–Kier alpha value is -2.14. The molecule has 1 amide bonds.